The minimum absolute atomic E-state index is 0.0426. The van der Waals surface area contributed by atoms with Crippen LogP contribution in [0, 0.1) is 12.7 Å². The summed E-state index contributed by atoms with van der Waals surface area (Å²) in [6, 6.07) is 9.58. The molecule has 2 unspecified atom stereocenters. The number of ether oxygens (including phenoxy) is 3. The molecule has 1 aromatic heterocycles. The van der Waals surface area contributed by atoms with Gasteiger partial charge in [0.15, 0.2) is 23.4 Å². The fraction of sp³-hybridized carbons (Fsp3) is 0.357. The number of alkyl halides is 5. The molecule has 1 N–H and O–H groups in total. The molecule has 2 atom stereocenters. The highest BCUT2D eigenvalue weighted by atomic mass is 19.4. The second kappa shape index (κ2) is 10.6. The number of nitrogens with zero attached hydrogens (tertiary/aromatic N) is 1. The number of aliphatic hydroxyl groups is 1. The molecule has 1 saturated carbocycles. The average molecular weight is 569 g/mol. The predicted molar refractivity (Wildman–Crippen MR) is 131 cm³/mol. The van der Waals surface area contributed by atoms with E-state index in [1.165, 1.54) is 57.5 Å². The minimum Gasteiger partial charge on any atom is -0.494 e. The Hall–Kier alpha value is -3.80. The summed E-state index contributed by atoms with van der Waals surface area (Å²) in [5.74, 6) is -4.26. The molecule has 0 amide bonds. The standard InChI is InChI=1S/C28H25F6NO5/c1-15-12-17(4-6-18(15)29)25-21(38-2)8-9-23(35-25)26(37,28(32,33)34)11-10-19(36)16-5-7-20(22(13-16)39-3)40-24-14-27(24,30)31/h4-9,12-13,24,37H,10-11,14H2,1-3H3. The van der Waals surface area contributed by atoms with E-state index in [2.05, 4.69) is 4.98 Å². The van der Waals surface area contributed by atoms with Crippen molar-refractivity contribution >= 4 is 5.78 Å². The van der Waals surface area contributed by atoms with E-state index in [4.69, 9.17) is 14.2 Å². The van der Waals surface area contributed by atoms with Gasteiger partial charge in [-0.2, -0.15) is 13.2 Å². The van der Waals surface area contributed by atoms with Gasteiger partial charge in [0, 0.05) is 17.5 Å². The molecular formula is C28H25F6NO5. The van der Waals surface area contributed by atoms with Crippen molar-refractivity contribution in [3.8, 4) is 28.5 Å². The van der Waals surface area contributed by atoms with E-state index in [1.54, 1.807) is 0 Å². The monoisotopic (exact) mass is 569 g/mol. The van der Waals surface area contributed by atoms with E-state index in [1.807, 2.05) is 0 Å². The molecule has 0 radical (unpaired) electrons. The number of Topliss-reactive ketones (excluding diaryl/α,β-unsaturated/α-hetero) is 1. The molecule has 1 aliphatic carbocycles. The minimum atomic E-state index is -5.23. The van der Waals surface area contributed by atoms with Gasteiger partial charge in [-0.3, -0.25) is 4.79 Å². The van der Waals surface area contributed by atoms with Crippen LogP contribution in [0.1, 0.15) is 40.9 Å². The fourth-order valence-electron chi connectivity index (χ4n) is 4.10. The Morgan fingerprint density at radius 1 is 1.02 bits per heavy atom. The quantitative estimate of drug-likeness (QED) is 0.225. The van der Waals surface area contributed by atoms with Gasteiger partial charge >= 0.3 is 6.18 Å². The van der Waals surface area contributed by atoms with Crippen LogP contribution in [0.3, 0.4) is 0 Å². The van der Waals surface area contributed by atoms with Gasteiger partial charge in [-0.05, 0) is 67.4 Å². The van der Waals surface area contributed by atoms with E-state index in [0.29, 0.717) is 0 Å². The fourth-order valence-corrected chi connectivity index (χ4v) is 4.10. The van der Waals surface area contributed by atoms with Crippen LogP contribution in [0.5, 0.6) is 17.2 Å². The van der Waals surface area contributed by atoms with Gasteiger partial charge in [0.2, 0.25) is 5.60 Å². The lowest BCUT2D eigenvalue weighted by Crippen LogP contribution is -2.43. The summed E-state index contributed by atoms with van der Waals surface area (Å²) in [6.07, 6.45) is -8.85. The van der Waals surface area contributed by atoms with Gasteiger partial charge in [0.1, 0.15) is 17.3 Å². The van der Waals surface area contributed by atoms with Crippen molar-refractivity contribution in [2.75, 3.05) is 14.2 Å². The lowest BCUT2D eigenvalue weighted by molar-refractivity contribution is -0.270. The molecule has 4 rings (SSSR count). The number of hydrogen-bond donors (Lipinski definition) is 1. The van der Waals surface area contributed by atoms with Crippen LogP contribution in [0.2, 0.25) is 0 Å². The van der Waals surface area contributed by atoms with Gasteiger partial charge in [0.25, 0.3) is 5.92 Å². The van der Waals surface area contributed by atoms with Gasteiger partial charge in [0.05, 0.1) is 26.3 Å². The molecule has 40 heavy (non-hydrogen) atoms. The molecule has 2 aromatic carbocycles. The van der Waals surface area contributed by atoms with E-state index in [0.717, 1.165) is 12.1 Å². The van der Waals surface area contributed by atoms with Crippen LogP contribution in [0.15, 0.2) is 48.5 Å². The summed E-state index contributed by atoms with van der Waals surface area (Å²) >= 11 is 0. The molecule has 0 bridgehead atoms. The second-order valence-electron chi connectivity index (χ2n) is 9.43. The first-order chi connectivity index (χ1) is 18.7. The van der Waals surface area contributed by atoms with Crippen molar-refractivity contribution < 1.29 is 50.5 Å². The molecule has 0 aliphatic heterocycles. The number of carbonyl (C=O) groups excluding carboxylic acids is 1. The first-order valence-corrected chi connectivity index (χ1v) is 12.1. The zero-order chi connectivity index (χ0) is 29.5. The van der Waals surface area contributed by atoms with E-state index < -0.39 is 60.4 Å². The van der Waals surface area contributed by atoms with Gasteiger partial charge in [-0.1, -0.05) is 0 Å². The van der Waals surface area contributed by atoms with E-state index >= 15 is 0 Å². The first kappa shape index (κ1) is 29.2. The molecule has 1 aliphatic rings. The zero-order valence-corrected chi connectivity index (χ0v) is 21.6. The average Bonchev–Trinajstić information content (AvgIpc) is 3.52. The second-order valence-corrected chi connectivity index (χ2v) is 9.43. The normalized spacial score (nSPS) is 17.6. The van der Waals surface area contributed by atoms with E-state index in [-0.39, 0.29) is 39.6 Å². The SMILES string of the molecule is COc1cc(C(=O)CCC(O)(c2ccc(OC)c(-c3ccc(F)c(C)c3)n2)C(F)(F)F)ccc1OC1CC1(F)F. The highest BCUT2D eigenvalue weighted by molar-refractivity contribution is 5.96. The summed E-state index contributed by atoms with van der Waals surface area (Å²) in [7, 11) is 2.51. The lowest BCUT2D eigenvalue weighted by atomic mass is 9.89. The highest BCUT2D eigenvalue weighted by Crippen LogP contribution is 2.47. The number of benzene rings is 2. The highest BCUT2D eigenvalue weighted by Gasteiger charge is 2.60. The maximum absolute atomic E-state index is 14.3. The Labute approximate surface area is 225 Å². The van der Waals surface area contributed by atoms with Crippen molar-refractivity contribution in [3.05, 3.63) is 71.2 Å². The third kappa shape index (κ3) is 5.72. The Morgan fingerprint density at radius 3 is 2.25 bits per heavy atom. The van der Waals surface area contributed by atoms with Gasteiger partial charge < -0.3 is 19.3 Å². The maximum Gasteiger partial charge on any atom is 0.422 e. The topological polar surface area (TPSA) is 77.9 Å². The van der Waals surface area contributed by atoms with Crippen molar-refractivity contribution in [1.29, 1.82) is 0 Å². The van der Waals surface area contributed by atoms with Crippen molar-refractivity contribution in [2.24, 2.45) is 0 Å². The van der Waals surface area contributed by atoms with Gasteiger partial charge in [-0.25, -0.2) is 18.2 Å². The van der Waals surface area contributed by atoms with Crippen LogP contribution in [0.25, 0.3) is 11.3 Å². The Kier molecular flexibility index (Phi) is 7.77. The molecule has 6 nitrogen and oxygen atoms in total. The summed E-state index contributed by atoms with van der Waals surface area (Å²) < 4.78 is 98.5. The molecule has 1 fully saturated rings. The number of carbonyl (C=O) groups is 1. The van der Waals surface area contributed by atoms with Crippen molar-refractivity contribution in [2.45, 2.75) is 50.0 Å². The number of methoxy groups -OCH3 is 2. The predicted octanol–water partition coefficient (Wildman–Crippen LogP) is 6.41. The first-order valence-electron chi connectivity index (χ1n) is 12.1. The maximum atomic E-state index is 14.3. The van der Waals surface area contributed by atoms with Crippen LogP contribution in [0.4, 0.5) is 26.3 Å². The van der Waals surface area contributed by atoms with Crippen molar-refractivity contribution in [1.82, 2.24) is 4.98 Å². The van der Waals surface area contributed by atoms with Crippen LogP contribution in [-0.2, 0) is 5.60 Å². The molecule has 0 spiro atoms. The van der Waals surface area contributed by atoms with Gasteiger partial charge in [-0.15, -0.1) is 0 Å². The number of hydrogen-bond acceptors (Lipinski definition) is 6. The lowest BCUT2D eigenvalue weighted by Gasteiger charge is -2.30. The summed E-state index contributed by atoms with van der Waals surface area (Å²) in [6.45, 7) is 1.47. The summed E-state index contributed by atoms with van der Waals surface area (Å²) in [5, 5.41) is 10.9. The molecular weight excluding hydrogens is 544 g/mol. The number of ketones is 1. The number of aryl methyl sites for hydroxylation is 1. The molecule has 214 valence electrons. The molecule has 3 aromatic rings. The molecule has 12 heteroatoms. The van der Waals surface area contributed by atoms with Crippen LogP contribution >= 0.6 is 0 Å². The molecule has 0 saturated heterocycles. The Morgan fingerprint density at radius 2 is 1.68 bits per heavy atom. The van der Waals surface area contributed by atoms with Crippen LogP contribution < -0.4 is 14.2 Å². The summed E-state index contributed by atoms with van der Waals surface area (Å²) in [4.78, 5) is 16.9. The van der Waals surface area contributed by atoms with Crippen molar-refractivity contribution in [3.63, 3.8) is 0 Å². The van der Waals surface area contributed by atoms with E-state index in [9.17, 15) is 36.2 Å². The third-order valence-electron chi connectivity index (χ3n) is 6.64. The summed E-state index contributed by atoms with van der Waals surface area (Å²) in [5.41, 5.74) is -3.95. The van der Waals surface area contributed by atoms with Crippen LogP contribution in [-0.4, -0.2) is 48.3 Å². The largest absolute Gasteiger partial charge is 0.494 e. The molecule has 1 heterocycles. The number of rotatable bonds is 10. The number of aromatic nitrogens is 1. The number of halogens is 6. The Bertz CT molecular complexity index is 1430. The third-order valence-corrected chi connectivity index (χ3v) is 6.64. The zero-order valence-electron chi connectivity index (χ0n) is 21.6. The smallest absolute Gasteiger partial charge is 0.422 e. The Balaban J connectivity index is 1.60. The number of pyridine rings is 1.